The van der Waals surface area contributed by atoms with Gasteiger partial charge in [-0.25, -0.2) is 0 Å². The first kappa shape index (κ1) is 31.5. The molecule has 0 aromatic rings. The zero-order valence-electron chi connectivity index (χ0n) is 27.2. The average molecular weight is 537 g/mol. The van der Waals surface area contributed by atoms with Crippen LogP contribution < -0.4 is 0 Å². The smallest absolute Gasteiger partial charge is 0.193 e. The van der Waals surface area contributed by atoms with Crippen molar-refractivity contribution in [1.82, 2.24) is 0 Å². The Balaban J connectivity index is 1.80. The lowest BCUT2D eigenvalue weighted by atomic mass is 9.62. The van der Waals surface area contributed by atoms with Gasteiger partial charge in [0.15, 0.2) is 8.32 Å². The monoisotopic (exact) mass is 536 g/mol. The summed E-state index contributed by atoms with van der Waals surface area (Å²) in [5.41, 5.74) is 6.13. The van der Waals surface area contributed by atoms with Gasteiger partial charge in [0.2, 0.25) is 0 Å². The van der Waals surface area contributed by atoms with Crippen molar-refractivity contribution < 1.29 is 4.43 Å². The van der Waals surface area contributed by atoms with Crippen molar-refractivity contribution in [3.63, 3.8) is 0 Å². The van der Waals surface area contributed by atoms with E-state index in [1.54, 1.807) is 0 Å². The van der Waals surface area contributed by atoms with Crippen LogP contribution in [0.5, 0.6) is 0 Å². The van der Waals surface area contributed by atoms with Gasteiger partial charge in [0.05, 0.1) is 6.10 Å². The molecule has 0 bridgehead atoms. The molecule has 3 aliphatic carbocycles. The van der Waals surface area contributed by atoms with Crippen LogP contribution in [0.15, 0.2) is 34.9 Å². The molecule has 6 atom stereocenters. The highest BCUT2D eigenvalue weighted by atomic mass is 28.4. The fraction of sp³-hybridized carbons (Fsp3) is 0.778. The van der Waals surface area contributed by atoms with E-state index in [-0.39, 0.29) is 11.1 Å². The molecule has 2 unspecified atom stereocenters. The molecule has 0 radical (unpaired) electrons. The predicted molar refractivity (Wildman–Crippen MR) is 170 cm³/mol. The van der Waals surface area contributed by atoms with Gasteiger partial charge in [-0.3, -0.25) is 0 Å². The zero-order chi connectivity index (χ0) is 28.7. The van der Waals surface area contributed by atoms with Gasteiger partial charge in [-0.2, -0.15) is 0 Å². The van der Waals surface area contributed by atoms with Crippen molar-refractivity contribution in [2.75, 3.05) is 0 Å². The highest BCUT2D eigenvalue weighted by Gasteiger charge is 2.50. The molecule has 0 aliphatic heterocycles. The maximum atomic E-state index is 6.94. The maximum Gasteiger partial charge on any atom is 0.193 e. The number of hydrogen-bond donors (Lipinski definition) is 0. The number of rotatable bonds is 6. The van der Waals surface area contributed by atoms with Crippen LogP contribution in [-0.2, 0) is 4.43 Å². The van der Waals surface area contributed by atoms with Gasteiger partial charge in [0, 0.05) is 11.1 Å². The Labute approximate surface area is 238 Å². The molecule has 38 heavy (non-hydrogen) atoms. The minimum absolute atomic E-state index is 0.0133. The van der Waals surface area contributed by atoms with Gasteiger partial charge in [-0.05, 0) is 109 Å². The second-order valence-electron chi connectivity index (χ2n) is 16.2. The van der Waals surface area contributed by atoms with Crippen LogP contribution >= 0.6 is 0 Å². The molecule has 1 nitrogen and oxygen atoms in total. The van der Waals surface area contributed by atoms with Crippen LogP contribution in [0.1, 0.15) is 121 Å². The summed E-state index contributed by atoms with van der Waals surface area (Å²) in [6.07, 6.45) is 12.8. The van der Waals surface area contributed by atoms with E-state index < -0.39 is 8.32 Å². The summed E-state index contributed by atoms with van der Waals surface area (Å²) in [6.45, 7) is 33.0. The van der Waals surface area contributed by atoms with Gasteiger partial charge in [0.25, 0.3) is 0 Å². The quantitative estimate of drug-likeness (QED) is 0.186. The van der Waals surface area contributed by atoms with Crippen LogP contribution in [0, 0.1) is 46.3 Å². The average Bonchev–Trinajstić information content (AvgIpc) is 3.14. The third kappa shape index (κ3) is 6.81. The molecular formula is C36H60OSi. The molecule has 1 saturated carbocycles. The van der Waals surface area contributed by atoms with E-state index in [2.05, 4.69) is 107 Å². The van der Waals surface area contributed by atoms with Crippen molar-refractivity contribution in [3.8, 4) is 11.8 Å². The Bertz CT molecular complexity index is 1000. The van der Waals surface area contributed by atoms with Gasteiger partial charge in [0.1, 0.15) is 0 Å². The standard InChI is InChI=1S/C36H60OSi/c1-25(16-14-22-34(5,6)7)31-20-21-32-29(17-15-23-36(31,32)11)18-19-30-24-26(2)27(3)33(28(30)4)37-38(12,13)35(8,9)10/h17,25-26,31-33H,3,14-16,20-24H2,1-2,4-13H3/t25-,26-,31?,32?,33+,36-/m1/s1. The van der Waals surface area contributed by atoms with Crippen LogP contribution in [-0.4, -0.2) is 14.4 Å². The molecular weight excluding hydrogens is 476 g/mol. The zero-order valence-corrected chi connectivity index (χ0v) is 28.2. The summed E-state index contributed by atoms with van der Waals surface area (Å²) < 4.78 is 6.94. The summed E-state index contributed by atoms with van der Waals surface area (Å²) >= 11 is 0. The maximum absolute atomic E-state index is 6.94. The highest BCUT2D eigenvalue weighted by Crippen LogP contribution is 2.58. The van der Waals surface area contributed by atoms with E-state index in [0.717, 1.165) is 18.3 Å². The minimum Gasteiger partial charge on any atom is -0.407 e. The summed E-state index contributed by atoms with van der Waals surface area (Å²) in [7, 11) is -1.91. The Morgan fingerprint density at radius 2 is 1.79 bits per heavy atom. The molecule has 0 saturated heterocycles. The molecule has 0 aromatic heterocycles. The van der Waals surface area contributed by atoms with Crippen molar-refractivity contribution in [2.24, 2.45) is 34.5 Å². The van der Waals surface area contributed by atoms with Crippen LogP contribution in [0.2, 0.25) is 18.1 Å². The Kier molecular flexibility index (Phi) is 9.48. The summed E-state index contributed by atoms with van der Waals surface area (Å²) in [6, 6.07) is 0. The third-order valence-corrected chi connectivity index (χ3v) is 15.5. The third-order valence-electron chi connectivity index (χ3n) is 11.0. The van der Waals surface area contributed by atoms with E-state index in [9.17, 15) is 0 Å². The normalized spacial score (nSPS) is 31.5. The van der Waals surface area contributed by atoms with E-state index >= 15 is 0 Å². The second kappa shape index (κ2) is 11.4. The van der Waals surface area contributed by atoms with Gasteiger partial charge < -0.3 is 4.43 Å². The Morgan fingerprint density at radius 3 is 2.39 bits per heavy atom. The molecule has 0 amide bonds. The van der Waals surface area contributed by atoms with Crippen LogP contribution in [0.25, 0.3) is 0 Å². The second-order valence-corrected chi connectivity index (χ2v) is 21.0. The van der Waals surface area contributed by atoms with Crippen LogP contribution in [0.3, 0.4) is 0 Å². The van der Waals surface area contributed by atoms with E-state index in [1.165, 1.54) is 67.2 Å². The molecule has 0 aromatic carbocycles. The predicted octanol–water partition coefficient (Wildman–Crippen LogP) is 10.9. The largest absolute Gasteiger partial charge is 0.407 e. The lowest BCUT2D eigenvalue weighted by Gasteiger charge is -2.43. The number of fused-ring (bicyclic) bond motifs is 1. The summed E-state index contributed by atoms with van der Waals surface area (Å²) in [5, 5.41) is 0.181. The first-order valence-electron chi connectivity index (χ1n) is 15.7. The Morgan fingerprint density at radius 1 is 1.13 bits per heavy atom. The molecule has 0 N–H and O–H groups in total. The topological polar surface area (TPSA) is 9.23 Å². The summed E-state index contributed by atoms with van der Waals surface area (Å²) in [4.78, 5) is 0. The Hall–Kier alpha value is -1.04. The van der Waals surface area contributed by atoms with E-state index in [0.29, 0.717) is 22.7 Å². The summed E-state index contributed by atoms with van der Waals surface area (Å²) in [5.74, 6) is 10.2. The van der Waals surface area contributed by atoms with Crippen molar-refractivity contribution in [1.29, 1.82) is 0 Å². The molecule has 3 aliphatic rings. The first-order chi connectivity index (χ1) is 17.4. The van der Waals surface area contributed by atoms with Crippen LogP contribution in [0.4, 0.5) is 0 Å². The molecule has 0 heterocycles. The minimum atomic E-state index is -1.91. The lowest BCUT2D eigenvalue weighted by Crippen LogP contribution is -2.46. The first-order valence-corrected chi connectivity index (χ1v) is 18.6. The fourth-order valence-electron chi connectivity index (χ4n) is 7.27. The number of hydrogen-bond acceptors (Lipinski definition) is 1. The van der Waals surface area contributed by atoms with Crippen molar-refractivity contribution >= 4 is 8.32 Å². The molecule has 0 spiro atoms. The molecule has 2 heteroatoms. The fourth-order valence-corrected chi connectivity index (χ4v) is 8.54. The SMILES string of the molecule is C=C1[C@H](O[Si](C)(C)C(C)(C)C)C(C)=C(C#CC2=CCC[C@@]3(C)C2CCC3[C@H](C)CCCC(C)(C)C)C[C@H]1C. The lowest BCUT2D eigenvalue weighted by molar-refractivity contribution is 0.107. The van der Waals surface area contributed by atoms with E-state index in [4.69, 9.17) is 4.43 Å². The van der Waals surface area contributed by atoms with Gasteiger partial charge in [-0.1, -0.05) is 99.7 Å². The molecule has 3 rings (SSSR count). The molecule has 214 valence electrons. The van der Waals surface area contributed by atoms with E-state index in [1.807, 2.05) is 0 Å². The van der Waals surface area contributed by atoms with Gasteiger partial charge in [-0.15, -0.1) is 0 Å². The van der Waals surface area contributed by atoms with Gasteiger partial charge >= 0.3 is 0 Å². The number of allylic oxidation sites excluding steroid dienone is 3. The highest BCUT2D eigenvalue weighted by molar-refractivity contribution is 6.74. The van der Waals surface area contributed by atoms with Crippen molar-refractivity contribution in [2.45, 2.75) is 145 Å². The molecule has 1 fully saturated rings. The van der Waals surface area contributed by atoms with Crippen molar-refractivity contribution in [3.05, 3.63) is 34.9 Å².